The predicted octanol–water partition coefficient (Wildman–Crippen LogP) is 1.25. The van der Waals surface area contributed by atoms with Gasteiger partial charge in [-0.2, -0.15) is 5.10 Å². The molecule has 7 heteroatoms. The van der Waals surface area contributed by atoms with Crippen LogP contribution >= 0.6 is 0 Å². The van der Waals surface area contributed by atoms with Gasteiger partial charge in [0.05, 0.1) is 23.7 Å². The maximum absolute atomic E-state index is 10.5. The topological polar surface area (TPSA) is 99.1 Å². The number of anilines is 1. The van der Waals surface area contributed by atoms with Gasteiger partial charge in [-0.15, -0.1) is 10.2 Å². The standard InChI is InChI=1S/C14H13N5O2/c1-19-12-9(6-16-19)14(15)18-17-11(12)8-2-3-10-7(13(8)20)4-5-21-10/h2-3,6,20H,4-5H2,1H3,(H2,15,18). The van der Waals surface area contributed by atoms with E-state index in [0.29, 0.717) is 30.1 Å². The Balaban J connectivity index is 2.04. The van der Waals surface area contributed by atoms with E-state index in [1.165, 1.54) is 0 Å². The van der Waals surface area contributed by atoms with Crippen LogP contribution in [0.1, 0.15) is 5.56 Å². The van der Waals surface area contributed by atoms with E-state index in [0.717, 1.165) is 22.2 Å². The zero-order valence-electron chi connectivity index (χ0n) is 11.4. The summed E-state index contributed by atoms with van der Waals surface area (Å²) in [5.74, 6) is 1.23. The Morgan fingerprint density at radius 3 is 3.05 bits per heavy atom. The number of nitrogens with zero attached hydrogens (tertiary/aromatic N) is 4. The summed E-state index contributed by atoms with van der Waals surface area (Å²) in [5.41, 5.74) is 8.56. The van der Waals surface area contributed by atoms with Crippen LogP contribution in [-0.2, 0) is 13.5 Å². The van der Waals surface area contributed by atoms with Gasteiger partial charge in [0.25, 0.3) is 0 Å². The molecule has 7 nitrogen and oxygen atoms in total. The zero-order chi connectivity index (χ0) is 14.6. The van der Waals surface area contributed by atoms with Gasteiger partial charge in [0.2, 0.25) is 0 Å². The Labute approximate surface area is 120 Å². The van der Waals surface area contributed by atoms with Crippen molar-refractivity contribution in [3.63, 3.8) is 0 Å². The van der Waals surface area contributed by atoms with Crippen LogP contribution in [-0.4, -0.2) is 31.7 Å². The number of rotatable bonds is 1. The van der Waals surface area contributed by atoms with E-state index >= 15 is 0 Å². The average Bonchev–Trinajstić information content (AvgIpc) is 3.09. The van der Waals surface area contributed by atoms with E-state index in [1.54, 1.807) is 24.0 Å². The van der Waals surface area contributed by atoms with E-state index in [4.69, 9.17) is 10.5 Å². The van der Waals surface area contributed by atoms with Crippen molar-refractivity contribution in [3.8, 4) is 22.8 Å². The third-order valence-electron chi connectivity index (χ3n) is 3.80. The molecule has 4 rings (SSSR count). The van der Waals surface area contributed by atoms with Gasteiger partial charge in [0, 0.05) is 24.6 Å². The first-order valence-electron chi connectivity index (χ1n) is 6.58. The lowest BCUT2D eigenvalue weighted by molar-refractivity contribution is 0.357. The SMILES string of the molecule is Cn1ncc2c(N)nnc(-c3ccc4c(c3O)CCO4)c21. The highest BCUT2D eigenvalue weighted by atomic mass is 16.5. The molecular formula is C14H13N5O2. The molecule has 1 aliphatic rings. The normalized spacial score (nSPS) is 13.4. The number of nitrogen functional groups attached to an aromatic ring is 1. The Hall–Kier alpha value is -2.83. The number of ether oxygens (including phenoxy) is 1. The van der Waals surface area contributed by atoms with E-state index in [9.17, 15) is 5.11 Å². The van der Waals surface area contributed by atoms with Crippen LogP contribution in [0.15, 0.2) is 18.3 Å². The van der Waals surface area contributed by atoms with Gasteiger partial charge in [0.15, 0.2) is 5.82 Å². The maximum Gasteiger partial charge on any atom is 0.157 e. The molecule has 21 heavy (non-hydrogen) atoms. The molecule has 106 valence electrons. The summed E-state index contributed by atoms with van der Waals surface area (Å²) in [7, 11) is 1.81. The quantitative estimate of drug-likeness (QED) is 0.697. The number of phenolic OH excluding ortho intramolecular Hbond substituents is 1. The lowest BCUT2D eigenvalue weighted by Gasteiger charge is -2.09. The van der Waals surface area contributed by atoms with Crippen molar-refractivity contribution in [2.75, 3.05) is 12.3 Å². The van der Waals surface area contributed by atoms with Gasteiger partial charge in [-0.25, -0.2) is 0 Å². The molecule has 0 atom stereocenters. The molecule has 0 unspecified atom stereocenters. The van der Waals surface area contributed by atoms with Crippen molar-refractivity contribution >= 4 is 16.7 Å². The molecule has 3 heterocycles. The third kappa shape index (κ3) is 1.57. The second-order valence-corrected chi connectivity index (χ2v) is 5.00. The van der Waals surface area contributed by atoms with Crippen molar-refractivity contribution in [1.82, 2.24) is 20.0 Å². The minimum absolute atomic E-state index is 0.187. The maximum atomic E-state index is 10.5. The second-order valence-electron chi connectivity index (χ2n) is 5.00. The summed E-state index contributed by atoms with van der Waals surface area (Å²) in [6, 6.07) is 3.63. The van der Waals surface area contributed by atoms with Crippen LogP contribution in [0.4, 0.5) is 5.82 Å². The van der Waals surface area contributed by atoms with Gasteiger partial charge < -0.3 is 15.6 Å². The van der Waals surface area contributed by atoms with E-state index in [-0.39, 0.29) is 5.75 Å². The molecule has 3 N–H and O–H groups in total. The number of aryl methyl sites for hydroxylation is 1. The van der Waals surface area contributed by atoms with Crippen molar-refractivity contribution < 1.29 is 9.84 Å². The zero-order valence-corrected chi connectivity index (χ0v) is 11.4. The lowest BCUT2D eigenvalue weighted by Crippen LogP contribution is -2.00. The number of phenols is 1. The summed E-state index contributed by atoms with van der Waals surface area (Å²) in [5, 5.41) is 23.6. The summed E-state index contributed by atoms with van der Waals surface area (Å²) in [4.78, 5) is 0. The molecule has 3 aromatic rings. The smallest absolute Gasteiger partial charge is 0.157 e. The van der Waals surface area contributed by atoms with Crippen LogP contribution in [0.3, 0.4) is 0 Å². The average molecular weight is 283 g/mol. The minimum Gasteiger partial charge on any atom is -0.507 e. The highest BCUT2D eigenvalue weighted by Gasteiger charge is 2.23. The summed E-state index contributed by atoms with van der Waals surface area (Å²) >= 11 is 0. The van der Waals surface area contributed by atoms with Crippen LogP contribution in [0, 0.1) is 0 Å². The van der Waals surface area contributed by atoms with Crippen LogP contribution < -0.4 is 10.5 Å². The fourth-order valence-electron chi connectivity index (χ4n) is 2.74. The number of hydrogen-bond donors (Lipinski definition) is 2. The Bertz CT molecular complexity index is 871. The Kier molecular flexibility index (Phi) is 2.32. The fourth-order valence-corrected chi connectivity index (χ4v) is 2.74. The van der Waals surface area contributed by atoms with Crippen LogP contribution in [0.5, 0.6) is 11.5 Å². The number of nitrogens with two attached hydrogens (primary N) is 1. The molecule has 0 aliphatic carbocycles. The van der Waals surface area contributed by atoms with E-state index in [2.05, 4.69) is 15.3 Å². The molecule has 0 fully saturated rings. The molecule has 0 saturated heterocycles. The molecule has 0 amide bonds. The van der Waals surface area contributed by atoms with Crippen LogP contribution in [0.25, 0.3) is 22.2 Å². The molecule has 0 radical (unpaired) electrons. The minimum atomic E-state index is 0.187. The highest BCUT2D eigenvalue weighted by molar-refractivity contribution is 5.98. The lowest BCUT2D eigenvalue weighted by atomic mass is 10.0. The molecule has 0 spiro atoms. The van der Waals surface area contributed by atoms with Gasteiger partial charge in [0.1, 0.15) is 17.2 Å². The number of benzene rings is 1. The van der Waals surface area contributed by atoms with Crippen molar-refractivity contribution in [1.29, 1.82) is 0 Å². The highest BCUT2D eigenvalue weighted by Crippen LogP contribution is 2.41. The molecule has 0 saturated carbocycles. The number of fused-ring (bicyclic) bond motifs is 2. The first-order chi connectivity index (χ1) is 10.2. The van der Waals surface area contributed by atoms with Gasteiger partial charge in [-0.05, 0) is 12.1 Å². The second kappa shape index (κ2) is 4.08. The predicted molar refractivity (Wildman–Crippen MR) is 77.0 cm³/mol. The third-order valence-corrected chi connectivity index (χ3v) is 3.80. The summed E-state index contributed by atoms with van der Waals surface area (Å²) in [6.07, 6.45) is 2.34. The molecule has 0 bridgehead atoms. The van der Waals surface area contributed by atoms with E-state index < -0.39 is 0 Å². The van der Waals surface area contributed by atoms with Gasteiger partial charge in [-0.1, -0.05) is 0 Å². The fraction of sp³-hybridized carbons (Fsp3) is 0.214. The monoisotopic (exact) mass is 283 g/mol. The first-order valence-corrected chi connectivity index (χ1v) is 6.58. The van der Waals surface area contributed by atoms with E-state index in [1.807, 2.05) is 6.07 Å². The van der Waals surface area contributed by atoms with Crippen LogP contribution in [0.2, 0.25) is 0 Å². The largest absolute Gasteiger partial charge is 0.507 e. The Morgan fingerprint density at radius 2 is 2.19 bits per heavy atom. The molecular weight excluding hydrogens is 270 g/mol. The van der Waals surface area contributed by atoms with Crippen molar-refractivity contribution in [2.24, 2.45) is 7.05 Å². The number of hydrogen-bond acceptors (Lipinski definition) is 6. The molecule has 1 aromatic carbocycles. The Morgan fingerprint density at radius 1 is 1.33 bits per heavy atom. The molecule has 2 aromatic heterocycles. The number of aromatic hydroxyl groups is 1. The summed E-state index contributed by atoms with van der Waals surface area (Å²) in [6.45, 7) is 0.584. The summed E-state index contributed by atoms with van der Waals surface area (Å²) < 4.78 is 7.13. The first kappa shape index (κ1) is 12.0. The van der Waals surface area contributed by atoms with Crippen molar-refractivity contribution in [2.45, 2.75) is 6.42 Å². The van der Waals surface area contributed by atoms with Gasteiger partial charge >= 0.3 is 0 Å². The molecule has 1 aliphatic heterocycles. The van der Waals surface area contributed by atoms with Gasteiger partial charge in [-0.3, -0.25) is 4.68 Å². The van der Waals surface area contributed by atoms with Crippen molar-refractivity contribution in [3.05, 3.63) is 23.9 Å². The number of aromatic nitrogens is 4.